The second-order valence-electron chi connectivity index (χ2n) is 3.26. The number of rotatable bonds is 0. The number of ether oxygens (including phenoxy) is 1. The van der Waals surface area contributed by atoms with Crippen molar-refractivity contribution in [1.29, 1.82) is 0 Å². The average molecular weight is 199 g/mol. The first kappa shape index (κ1) is 8.70. The summed E-state index contributed by atoms with van der Waals surface area (Å²) in [6.07, 6.45) is 1.94. The zero-order valence-corrected chi connectivity index (χ0v) is 8.19. The van der Waals surface area contributed by atoms with Crippen molar-refractivity contribution in [3.8, 4) is 11.5 Å². The van der Waals surface area contributed by atoms with Crippen LogP contribution in [0.1, 0.15) is 17.5 Å². The molecule has 0 aliphatic carbocycles. The first-order valence-electron chi connectivity index (χ1n) is 4.34. The summed E-state index contributed by atoms with van der Waals surface area (Å²) >= 11 is 5.98. The maximum atomic E-state index is 9.49. The van der Waals surface area contributed by atoms with Gasteiger partial charge in [-0.05, 0) is 25.8 Å². The van der Waals surface area contributed by atoms with Crippen molar-refractivity contribution in [3.05, 3.63) is 22.2 Å². The van der Waals surface area contributed by atoms with Gasteiger partial charge in [0.1, 0.15) is 11.5 Å². The predicted molar refractivity (Wildman–Crippen MR) is 51.7 cm³/mol. The van der Waals surface area contributed by atoms with Gasteiger partial charge in [-0.3, -0.25) is 0 Å². The number of hydrogen-bond acceptors (Lipinski definition) is 2. The third-order valence-electron chi connectivity index (χ3n) is 2.37. The SMILES string of the molecule is Cc1c(O)cc(Cl)c2c1OCCC2. The molecule has 1 N–H and O–H groups in total. The largest absolute Gasteiger partial charge is 0.507 e. The Balaban J connectivity index is 2.63. The minimum Gasteiger partial charge on any atom is -0.507 e. The van der Waals surface area contributed by atoms with Gasteiger partial charge in [0, 0.05) is 11.1 Å². The van der Waals surface area contributed by atoms with Gasteiger partial charge in [-0.2, -0.15) is 0 Å². The summed E-state index contributed by atoms with van der Waals surface area (Å²) in [7, 11) is 0. The lowest BCUT2D eigenvalue weighted by Gasteiger charge is -2.20. The van der Waals surface area contributed by atoms with Crippen molar-refractivity contribution in [3.63, 3.8) is 0 Å². The van der Waals surface area contributed by atoms with Gasteiger partial charge in [-0.25, -0.2) is 0 Å². The number of benzene rings is 1. The average Bonchev–Trinajstić information content (AvgIpc) is 2.15. The number of phenols is 1. The van der Waals surface area contributed by atoms with Crippen LogP contribution in [0.5, 0.6) is 11.5 Å². The first-order valence-corrected chi connectivity index (χ1v) is 4.71. The van der Waals surface area contributed by atoms with Crippen molar-refractivity contribution in [1.82, 2.24) is 0 Å². The van der Waals surface area contributed by atoms with Gasteiger partial charge in [0.05, 0.1) is 11.6 Å². The van der Waals surface area contributed by atoms with E-state index in [2.05, 4.69) is 0 Å². The summed E-state index contributed by atoms with van der Waals surface area (Å²) in [5, 5.41) is 10.1. The van der Waals surface area contributed by atoms with Crippen LogP contribution in [0.4, 0.5) is 0 Å². The van der Waals surface area contributed by atoms with E-state index in [0.717, 1.165) is 29.7 Å². The minimum atomic E-state index is 0.214. The zero-order valence-electron chi connectivity index (χ0n) is 7.43. The molecule has 0 saturated heterocycles. The molecule has 1 aliphatic rings. The van der Waals surface area contributed by atoms with Crippen LogP contribution in [0.3, 0.4) is 0 Å². The molecule has 0 unspecified atom stereocenters. The molecule has 0 saturated carbocycles. The molecule has 0 amide bonds. The molecule has 1 heterocycles. The lowest BCUT2D eigenvalue weighted by atomic mass is 10.0. The van der Waals surface area contributed by atoms with Gasteiger partial charge < -0.3 is 9.84 Å². The molecule has 0 spiro atoms. The van der Waals surface area contributed by atoms with E-state index in [4.69, 9.17) is 16.3 Å². The summed E-state index contributed by atoms with van der Waals surface area (Å²) in [6.45, 7) is 2.56. The van der Waals surface area contributed by atoms with Gasteiger partial charge in [-0.1, -0.05) is 11.6 Å². The predicted octanol–water partition coefficient (Wildman–Crippen LogP) is 2.68. The Labute approximate surface area is 82.1 Å². The molecule has 0 bridgehead atoms. The van der Waals surface area contributed by atoms with Gasteiger partial charge >= 0.3 is 0 Å². The van der Waals surface area contributed by atoms with E-state index in [1.807, 2.05) is 6.92 Å². The smallest absolute Gasteiger partial charge is 0.130 e. The Kier molecular flexibility index (Phi) is 2.08. The monoisotopic (exact) mass is 198 g/mol. The Morgan fingerprint density at radius 3 is 3.08 bits per heavy atom. The molecule has 0 aromatic heterocycles. The molecule has 0 fully saturated rings. The highest BCUT2D eigenvalue weighted by atomic mass is 35.5. The molecule has 3 heteroatoms. The van der Waals surface area contributed by atoms with Crippen LogP contribution in [-0.2, 0) is 6.42 Å². The van der Waals surface area contributed by atoms with E-state index < -0.39 is 0 Å². The lowest BCUT2D eigenvalue weighted by molar-refractivity contribution is 0.284. The van der Waals surface area contributed by atoms with Crippen LogP contribution in [0.25, 0.3) is 0 Å². The first-order chi connectivity index (χ1) is 6.20. The molecule has 0 radical (unpaired) electrons. The molecule has 13 heavy (non-hydrogen) atoms. The van der Waals surface area contributed by atoms with Crippen LogP contribution < -0.4 is 4.74 Å². The quantitative estimate of drug-likeness (QED) is 0.695. The molecule has 70 valence electrons. The lowest BCUT2D eigenvalue weighted by Crippen LogP contribution is -2.10. The number of aromatic hydroxyl groups is 1. The summed E-state index contributed by atoms with van der Waals surface area (Å²) in [4.78, 5) is 0. The maximum Gasteiger partial charge on any atom is 0.130 e. The summed E-state index contributed by atoms with van der Waals surface area (Å²) < 4.78 is 5.47. The number of halogens is 1. The van der Waals surface area contributed by atoms with E-state index in [1.54, 1.807) is 6.07 Å². The van der Waals surface area contributed by atoms with Crippen LogP contribution >= 0.6 is 11.6 Å². The van der Waals surface area contributed by atoms with Crippen molar-refractivity contribution >= 4 is 11.6 Å². The van der Waals surface area contributed by atoms with Crippen molar-refractivity contribution < 1.29 is 9.84 Å². The molecule has 2 nitrogen and oxygen atoms in total. The van der Waals surface area contributed by atoms with E-state index >= 15 is 0 Å². The third kappa shape index (κ3) is 1.35. The minimum absolute atomic E-state index is 0.214. The zero-order chi connectivity index (χ0) is 9.42. The topological polar surface area (TPSA) is 29.5 Å². The number of fused-ring (bicyclic) bond motifs is 1. The van der Waals surface area contributed by atoms with Crippen LogP contribution in [0.2, 0.25) is 5.02 Å². The molecule has 1 aliphatic heterocycles. The van der Waals surface area contributed by atoms with E-state index in [-0.39, 0.29) is 5.75 Å². The Morgan fingerprint density at radius 2 is 2.31 bits per heavy atom. The van der Waals surface area contributed by atoms with Gasteiger partial charge in [0.25, 0.3) is 0 Å². The molecule has 1 aromatic carbocycles. The maximum absolute atomic E-state index is 9.49. The summed E-state index contributed by atoms with van der Waals surface area (Å²) in [5.41, 5.74) is 1.82. The molecular weight excluding hydrogens is 188 g/mol. The number of hydrogen-bond donors (Lipinski definition) is 1. The van der Waals surface area contributed by atoms with Crippen LogP contribution in [0, 0.1) is 6.92 Å². The highest BCUT2D eigenvalue weighted by molar-refractivity contribution is 6.31. The van der Waals surface area contributed by atoms with Crippen LogP contribution in [-0.4, -0.2) is 11.7 Å². The standard InChI is InChI=1S/C10H11ClO2/c1-6-9(12)5-8(11)7-3-2-4-13-10(6)7/h5,12H,2-4H2,1H3. The van der Waals surface area contributed by atoms with Gasteiger partial charge in [0.2, 0.25) is 0 Å². The van der Waals surface area contributed by atoms with Crippen molar-refractivity contribution in [2.24, 2.45) is 0 Å². The normalized spacial score (nSPS) is 14.9. The van der Waals surface area contributed by atoms with Crippen molar-refractivity contribution in [2.75, 3.05) is 6.61 Å². The third-order valence-corrected chi connectivity index (χ3v) is 2.71. The summed E-state index contributed by atoms with van der Waals surface area (Å²) in [5.74, 6) is 0.988. The van der Waals surface area contributed by atoms with Crippen LogP contribution in [0.15, 0.2) is 6.07 Å². The fourth-order valence-corrected chi connectivity index (χ4v) is 1.90. The van der Waals surface area contributed by atoms with E-state index in [9.17, 15) is 5.11 Å². The van der Waals surface area contributed by atoms with E-state index in [0.29, 0.717) is 11.6 Å². The highest BCUT2D eigenvalue weighted by Gasteiger charge is 2.18. The van der Waals surface area contributed by atoms with Gasteiger partial charge in [-0.15, -0.1) is 0 Å². The molecule has 2 rings (SSSR count). The van der Waals surface area contributed by atoms with Crippen molar-refractivity contribution in [2.45, 2.75) is 19.8 Å². The second-order valence-corrected chi connectivity index (χ2v) is 3.67. The fourth-order valence-electron chi connectivity index (χ4n) is 1.62. The molecule has 1 aromatic rings. The van der Waals surface area contributed by atoms with E-state index in [1.165, 1.54) is 0 Å². The van der Waals surface area contributed by atoms with Gasteiger partial charge in [0.15, 0.2) is 0 Å². The fraction of sp³-hybridized carbons (Fsp3) is 0.400. The molecular formula is C10H11ClO2. The Bertz CT molecular complexity index is 347. The second kappa shape index (κ2) is 3.11. The molecule has 0 atom stereocenters. The Morgan fingerprint density at radius 1 is 1.54 bits per heavy atom. The number of phenolic OH excluding ortho intramolecular Hbond substituents is 1. The Hall–Kier alpha value is -0.890. The highest BCUT2D eigenvalue weighted by Crippen LogP contribution is 2.39. The summed E-state index contributed by atoms with van der Waals surface area (Å²) in [6, 6.07) is 1.59.